The van der Waals surface area contributed by atoms with Crippen molar-refractivity contribution < 1.29 is 18.7 Å². The normalized spacial score (nSPS) is 10.8. The Balaban J connectivity index is 1.65. The predicted octanol–water partition coefficient (Wildman–Crippen LogP) is 4.27. The summed E-state index contributed by atoms with van der Waals surface area (Å²) in [6, 6.07) is 17.0. The van der Waals surface area contributed by atoms with Gasteiger partial charge in [-0.1, -0.05) is 23.4 Å². The molecule has 7 nitrogen and oxygen atoms in total. The van der Waals surface area contributed by atoms with Crippen LogP contribution in [0.5, 0.6) is 17.4 Å². The SMILES string of the molecule is CCOc1nc2ccc(OC)cc2cc1-c1noc(COc2ccccc2)n1. The van der Waals surface area contributed by atoms with Crippen LogP contribution in [0, 0.1) is 0 Å². The van der Waals surface area contributed by atoms with E-state index in [1.807, 2.05) is 61.5 Å². The summed E-state index contributed by atoms with van der Waals surface area (Å²) < 4.78 is 22.0. The predicted molar refractivity (Wildman–Crippen MR) is 104 cm³/mol. The molecule has 0 spiro atoms. The molecule has 2 heterocycles. The Hall–Kier alpha value is -3.61. The number of para-hydroxylation sites is 1. The molecule has 2 aromatic heterocycles. The highest BCUT2D eigenvalue weighted by Crippen LogP contribution is 2.31. The molecule has 4 rings (SSSR count). The number of methoxy groups -OCH3 is 1. The van der Waals surface area contributed by atoms with E-state index in [4.69, 9.17) is 18.7 Å². The Morgan fingerprint density at radius 1 is 0.929 bits per heavy atom. The first-order chi connectivity index (χ1) is 13.8. The van der Waals surface area contributed by atoms with Crippen LogP contribution in [0.15, 0.2) is 59.1 Å². The second kappa shape index (κ2) is 7.96. The lowest BCUT2D eigenvalue weighted by Crippen LogP contribution is -1.99. The fraction of sp³-hybridized carbons (Fsp3) is 0.190. The Kier molecular flexibility index (Phi) is 5.05. The van der Waals surface area contributed by atoms with Crippen molar-refractivity contribution in [1.82, 2.24) is 15.1 Å². The summed E-state index contributed by atoms with van der Waals surface area (Å²) in [7, 11) is 1.63. The molecular formula is C21H19N3O4. The number of ether oxygens (including phenoxy) is 3. The molecule has 28 heavy (non-hydrogen) atoms. The van der Waals surface area contributed by atoms with E-state index in [0.29, 0.717) is 29.8 Å². The minimum Gasteiger partial charge on any atom is -0.497 e. The van der Waals surface area contributed by atoms with Gasteiger partial charge in [-0.05, 0) is 43.3 Å². The number of aromatic nitrogens is 3. The maximum Gasteiger partial charge on any atom is 0.264 e. The first-order valence-corrected chi connectivity index (χ1v) is 8.89. The molecule has 0 radical (unpaired) electrons. The third-order valence-corrected chi connectivity index (χ3v) is 4.08. The maximum atomic E-state index is 5.70. The van der Waals surface area contributed by atoms with E-state index >= 15 is 0 Å². The van der Waals surface area contributed by atoms with Gasteiger partial charge in [0.2, 0.25) is 11.7 Å². The van der Waals surface area contributed by atoms with Crippen LogP contribution in [0.25, 0.3) is 22.3 Å². The minimum atomic E-state index is 0.176. The highest BCUT2D eigenvalue weighted by molar-refractivity contribution is 5.86. The second-order valence-corrected chi connectivity index (χ2v) is 5.95. The monoisotopic (exact) mass is 377 g/mol. The molecule has 0 N–H and O–H groups in total. The zero-order chi connectivity index (χ0) is 19.3. The van der Waals surface area contributed by atoms with Gasteiger partial charge in [-0.25, -0.2) is 4.98 Å². The Morgan fingerprint density at radius 2 is 1.79 bits per heavy atom. The molecule has 0 aliphatic heterocycles. The highest BCUT2D eigenvalue weighted by Gasteiger charge is 2.17. The summed E-state index contributed by atoms with van der Waals surface area (Å²) in [6.07, 6.45) is 0. The maximum absolute atomic E-state index is 5.70. The van der Waals surface area contributed by atoms with Gasteiger partial charge in [0.25, 0.3) is 5.89 Å². The number of pyridine rings is 1. The number of nitrogens with zero attached hydrogens (tertiary/aromatic N) is 3. The zero-order valence-electron chi connectivity index (χ0n) is 15.6. The molecule has 142 valence electrons. The average molecular weight is 377 g/mol. The van der Waals surface area contributed by atoms with Crippen molar-refractivity contribution in [3.63, 3.8) is 0 Å². The number of hydrogen-bond acceptors (Lipinski definition) is 7. The molecule has 7 heteroatoms. The topological polar surface area (TPSA) is 79.5 Å². The van der Waals surface area contributed by atoms with Gasteiger partial charge in [0.1, 0.15) is 11.5 Å². The molecule has 0 saturated heterocycles. The molecule has 2 aromatic carbocycles. The van der Waals surface area contributed by atoms with Crippen LogP contribution in [-0.2, 0) is 6.61 Å². The van der Waals surface area contributed by atoms with Gasteiger partial charge in [-0.3, -0.25) is 0 Å². The van der Waals surface area contributed by atoms with Gasteiger partial charge < -0.3 is 18.7 Å². The largest absolute Gasteiger partial charge is 0.497 e. The van der Waals surface area contributed by atoms with Crippen molar-refractivity contribution in [2.24, 2.45) is 0 Å². The van der Waals surface area contributed by atoms with Crippen LogP contribution in [0.4, 0.5) is 0 Å². The van der Waals surface area contributed by atoms with Crippen LogP contribution in [0.1, 0.15) is 12.8 Å². The second-order valence-electron chi connectivity index (χ2n) is 5.95. The van der Waals surface area contributed by atoms with Crippen molar-refractivity contribution >= 4 is 10.9 Å². The lowest BCUT2D eigenvalue weighted by Gasteiger charge is -2.09. The van der Waals surface area contributed by atoms with Gasteiger partial charge in [0.15, 0.2) is 6.61 Å². The van der Waals surface area contributed by atoms with Gasteiger partial charge in [-0.2, -0.15) is 4.98 Å². The third-order valence-electron chi connectivity index (χ3n) is 4.08. The summed E-state index contributed by atoms with van der Waals surface area (Å²) >= 11 is 0. The number of rotatable bonds is 7. The average Bonchev–Trinajstić information content (AvgIpc) is 3.21. The van der Waals surface area contributed by atoms with Gasteiger partial charge in [0.05, 0.1) is 24.8 Å². The van der Waals surface area contributed by atoms with Gasteiger partial charge >= 0.3 is 0 Å². The van der Waals surface area contributed by atoms with Crippen LogP contribution in [0.3, 0.4) is 0 Å². The van der Waals surface area contributed by atoms with Crippen LogP contribution >= 0.6 is 0 Å². The first-order valence-electron chi connectivity index (χ1n) is 8.89. The molecule has 0 aliphatic carbocycles. The molecule has 4 aromatic rings. The Labute approximate surface area is 161 Å². The lowest BCUT2D eigenvalue weighted by molar-refractivity contribution is 0.243. The van der Waals surface area contributed by atoms with Crippen molar-refractivity contribution in [2.45, 2.75) is 13.5 Å². The van der Waals surface area contributed by atoms with Crippen LogP contribution in [0.2, 0.25) is 0 Å². The smallest absolute Gasteiger partial charge is 0.264 e. The molecule has 0 unspecified atom stereocenters. The van der Waals surface area contributed by atoms with E-state index in [-0.39, 0.29) is 6.61 Å². The standard InChI is InChI=1S/C21H19N3O4/c1-3-26-21-17(12-14-11-16(25-2)9-10-18(14)22-21)20-23-19(28-24-20)13-27-15-7-5-4-6-8-15/h4-12H,3,13H2,1-2H3. The zero-order valence-corrected chi connectivity index (χ0v) is 15.6. The molecular weight excluding hydrogens is 358 g/mol. The minimum absolute atomic E-state index is 0.176. The van der Waals surface area contributed by atoms with Crippen LogP contribution in [-0.4, -0.2) is 28.8 Å². The molecule has 0 bridgehead atoms. The summed E-state index contributed by atoms with van der Waals surface area (Å²) in [5.41, 5.74) is 1.45. The number of hydrogen-bond donors (Lipinski definition) is 0. The molecule has 0 aliphatic rings. The fourth-order valence-electron chi connectivity index (χ4n) is 2.76. The summed E-state index contributed by atoms with van der Waals surface area (Å²) in [6.45, 7) is 2.55. The number of benzene rings is 2. The Bertz CT molecular complexity index is 1080. The van der Waals surface area contributed by atoms with Gasteiger partial charge in [-0.15, -0.1) is 0 Å². The van der Waals surface area contributed by atoms with E-state index in [2.05, 4.69) is 15.1 Å². The third kappa shape index (κ3) is 3.73. The molecule has 0 atom stereocenters. The van der Waals surface area contributed by atoms with Crippen molar-refractivity contribution in [2.75, 3.05) is 13.7 Å². The fourth-order valence-corrected chi connectivity index (χ4v) is 2.76. The van der Waals surface area contributed by atoms with Gasteiger partial charge in [0, 0.05) is 5.39 Å². The molecule has 0 amide bonds. The summed E-state index contributed by atoms with van der Waals surface area (Å²) in [5.74, 6) is 2.70. The van der Waals surface area contributed by atoms with Crippen molar-refractivity contribution in [1.29, 1.82) is 0 Å². The van der Waals surface area contributed by atoms with E-state index in [1.165, 1.54) is 0 Å². The van der Waals surface area contributed by atoms with Crippen molar-refractivity contribution in [3.05, 3.63) is 60.5 Å². The first kappa shape index (κ1) is 17.8. The lowest BCUT2D eigenvalue weighted by atomic mass is 10.1. The highest BCUT2D eigenvalue weighted by atomic mass is 16.5. The van der Waals surface area contributed by atoms with E-state index in [1.54, 1.807) is 7.11 Å². The quantitative estimate of drug-likeness (QED) is 0.476. The number of fused-ring (bicyclic) bond motifs is 1. The molecule has 0 saturated carbocycles. The Morgan fingerprint density at radius 3 is 2.57 bits per heavy atom. The van der Waals surface area contributed by atoms with Crippen molar-refractivity contribution in [3.8, 4) is 28.8 Å². The summed E-state index contributed by atoms with van der Waals surface area (Å²) in [4.78, 5) is 9.02. The summed E-state index contributed by atoms with van der Waals surface area (Å²) in [5, 5.41) is 4.97. The van der Waals surface area contributed by atoms with E-state index in [9.17, 15) is 0 Å². The molecule has 0 fully saturated rings. The van der Waals surface area contributed by atoms with E-state index in [0.717, 1.165) is 22.4 Å². The van der Waals surface area contributed by atoms with Crippen LogP contribution < -0.4 is 14.2 Å². The van der Waals surface area contributed by atoms with E-state index < -0.39 is 0 Å².